The summed E-state index contributed by atoms with van der Waals surface area (Å²) in [6, 6.07) is 0. The van der Waals surface area contributed by atoms with Crippen molar-refractivity contribution in [3.63, 3.8) is 0 Å². The Morgan fingerprint density at radius 1 is 0.500 bits per heavy atom. The number of phosphoric ester groups is 1. The minimum atomic E-state index is -4.76. The normalized spacial score (nSPS) is 12.9. The zero-order valence-electron chi connectivity index (χ0n) is 33.2. The molecule has 0 aromatic rings. The van der Waals surface area contributed by atoms with Crippen LogP contribution in [0.5, 0.6) is 0 Å². The smallest absolute Gasteiger partial charge is 0.462 e. The van der Waals surface area contributed by atoms with E-state index in [1.54, 1.807) is 0 Å². The van der Waals surface area contributed by atoms with Crippen molar-refractivity contribution in [3.8, 4) is 0 Å². The van der Waals surface area contributed by atoms with Crippen LogP contribution in [0.1, 0.15) is 194 Å². The average Bonchev–Trinajstić information content (AvgIpc) is 3.11. The molecule has 0 aromatic carbocycles. The number of unbranched alkanes of at least 4 members (excludes halogenated alkanes) is 20. The van der Waals surface area contributed by atoms with Gasteiger partial charge in [0.25, 0.3) is 0 Å². The lowest BCUT2D eigenvalue weighted by atomic mass is 10.1. The second-order valence-electron chi connectivity index (χ2n) is 14.0. The molecule has 0 aromatic heterocycles. The SMILES string of the molecule is CCCCC/C=C/C/C=C/CCCCCCCCCCCC(=O)OC[C@H](COP(=O)(O)O)OC(=O)CCCCCCC/C=C/C/C=C/CCCCC. The molecule has 52 heavy (non-hydrogen) atoms. The Hall–Kier alpha value is -1.99. The van der Waals surface area contributed by atoms with Crippen molar-refractivity contribution in [1.29, 1.82) is 0 Å². The number of carbonyl (C=O) groups excluding carboxylic acids is 2. The largest absolute Gasteiger partial charge is 0.469 e. The van der Waals surface area contributed by atoms with Crippen LogP contribution < -0.4 is 0 Å². The minimum absolute atomic E-state index is 0.194. The summed E-state index contributed by atoms with van der Waals surface area (Å²) in [5.74, 6) is -0.905. The Morgan fingerprint density at radius 2 is 0.865 bits per heavy atom. The first-order chi connectivity index (χ1) is 25.3. The van der Waals surface area contributed by atoms with Crippen molar-refractivity contribution >= 4 is 19.8 Å². The zero-order valence-corrected chi connectivity index (χ0v) is 34.1. The van der Waals surface area contributed by atoms with Crippen LogP contribution in [0.15, 0.2) is 48.6 Å². The van der Waals surface area contributed by atoms with Crippen LogP contribution in [-0.4, -0.2) is 41.0 Å². The van der Waals surface area contributed by atoms with Gasteiger partial charge in [-0.3, -0.25) is 14.1 Å². The second kappa shape index (κ2) is 38.7. The molecule has 8 nitrogen and oxygen atoms in total. The van der Waals surface area contributed by atoms with Crippen molar-refractivity contribution in [2.24, 2.45) is 0 Å². The molecule has 9 heteroatoms. The van der Waals surface area contributed by atoms with Crippen molar-refractivity contribution in [1.82, 2.24) is 0 Å². The molecule has 0 saturated carbocycles. The molecule has 0 rings (SSSR count). The monoisotopic (exact) mass is 753 g/mol. The van der Waals surface area contributed by atoms with Crippen LogP contribution in [0.3, 0.4) is 0 Å². The van der Waals surface area contributed by atoms with Crippen LogP contribution in [0.25, 0.3) is 0 Å². The zero-order chi connectivity index (χ0) is 38.2. The summed E-state index contributed by atoms with van der Waals surface area (Å²) in [4.78, 5) is 42.8. The number of carbonyl (C=O) groups is 2. The molecule has 0 fully saturated rings. The number of hydrogen-bond donors (Lipinski definition) is 2. The average molecular weight is 753 g/mol. The first-order valence-electron chi connectivity index (χ1n) is 20.9. The summed E-state index contributed by atoms with van der Waals surface area (Å²) in [5.41, 5.74) is 0. The van der Waals surface area contributed by atoms with Crippen molar-refractivity contribution < 1.29 is 37.9 Å². The number of phosphoric acid groups is 1. The molecule has 0 aliphatic rings. The van der Waals surface area contributed by atoms with Gasteiger partial charge in [-0.05, 0) is 77.0 Å². The molecule has 1 atom stereocenters. The van der Waals surface area contributed by atoms with Crippen LogP contribution in [-0.2, 0) is 28.2 Å². The molecular formula is C43H77O8P. The molecule has 0 amide bonds. The van der Waals surface area contributed by atoms with Crippen LogP contribution in [0.2, 0.25) is 0 Å². The maximum atomic E-state index is 12.4. The van der Waals surface area contributed by atoms with Gasteiger partial charge in [0.15, 0.2) is 6.10 Å². The molecule has 0 saturated heterocycles. The first kappa shape index (κ1) is 50.0. The molecule has 0 aliphatic carbocycles. The van der Waals surface area contributed by atoms with E-state index >= 15 is 0 Å². The molecule has 2 N–H and O–H groups in total. The Kier molecular flexibility index (Phi) is 37.2. The predicted octanol–water partition coefficient (Wildman–Crippen LogP) is 12.7. The Morgan fingerprint density at radius 3 is 1.27 bits per heavy atom. The quantitative estimate of drug-likeness (QED) is 0.0277. The fourth-order valence-electron chi connectivity index (χ4n) is 5.67. The fraction of sp³-hybridized carbons (Fsp3) is 0.767. The number of hydrogen-bond acceptors (Lipinski definition) is 6. The lowest BCUT2D eigenvalue weighted by molar-refractivity contribution is -0.161. The van der Waals surface area contributed by atoms with Gasteiger partial charge in [-0.15, -0.1) is 0 Å². The van der Waals surface area contributed by atoms with Gasteiger partial charge in [-0.25, -0.2) is 4.57 Å². The van der Waals surface area contributed by atoms with E-state index in [9.17, 15) is 14.2 Å². The maximum absolute atomic E-state index is 12.4. The fourth-order valence-corrected chi connectivity index (χ4v) is 6.03. The highest BCUT2D eigenvalue weighted by Crippen LogP contribution is 2.36. The van der Waals surface area contributed by atoms with Gasteiger partial charge in [0.2, 0.25) is 0 Å². The second-order valence-corrected chi connectivity index (χ2v) is 15.2. The molecule has 0 unspecified atom stereocenters. The third-order valence-electron chi connectivity index (χ3n) is 8.82. The van der Waals surface area contributed by atoms with Gasteiger partial charge in [0.1, 0.15) is 6.61 Å². The van der Waals surface area contributed by atoms with Gasteiger partial charge >= 0.3 is 19.8 Å². The number of esters is 2. The third-order valence-corrected chi connectivity index (χ3v) is 9.31. The van der Waals surface area contributed by atoms with E-state index in [4.69, 9.17) is 19.3 Å². The Balaban J connectivity index is 3.94. The van der Waals surface area contributed by atoms with Crippen molar-refractivity contribution in [2.75, 3.05) is 13.2 Å². The highest BCUT2D eigenvalue weighted by atomic mass is 31.2. The molecular weight excluding hydrogens is 675 g/mol. The van der Waals surface area contributed by atoms with Crippen LogP contribution in [0, 0.1) is 0 Å². The van der Waals surface area contributed by atoms with E-state index in [-0.39, 0.29) is 19.4 Å². The van der Waals surface area contributed by atoms with Gasteiger partial charge in [-0.2, -0.15) is 0 Å². The minimum Gasteiger partial charge on any atom is -0.462 e. The summed E-state index contributed by atoms with van der Waals surface area (Å²) >= 11 is 0. The maximum Gasteiger partial charge on any atom is 0.469 e. The molecule has 0 aliphatic heterocycles. The standard InChI is InChI=1S/C43H77O8P/c1-3-5-7-9-11-13-15-17-19-20-21-22-24-25-27-29-31-33-35-37-42(44)49-39-41(40-50-52(46,47)48)51-43(45)38-36-34-32-30-28-26-23-18-16-14-12-10-8-6-4-2/h11-14,17-19,23,41H,3-10,15-16,20-22,24-40H2,1-2H3,(H2,46,47,48)/b13-11+,14-12+,19-17+,23-18+/t41-/m1/s1. The number of allylic oxidation sites excluding steroid dienone is 8. The van der Waals surface area contributed by atoms with Gasteiger partial charge in [0, 0.05) is 12.8 Å². The predicted molar refractivity (Wildman–Crippen MR) is 216 cm³/mol. The summed E-state index contributed by atoms with van der Waals surface area (Å²) in [6.07, 6.45) is 46.8. The molecule has 302 valence electrons. The van der Waals surface area contributed by atoms with E-state index in [0.29, 0.717) is 6.42 Å². The summed E-state index contributed by atoms with van der Waals surface area (Å²) < 4.78 is 26.4. The summed E-state index contributed by atoms with van der Waals surface area (Å²) in [5, 5.41) is 0. The first-order valence-corrected chi connectivity index (χ1v) is 22.5. The number of ether oxygens (including phenoxy) is 2. The molecule has 0 heterocycles. The molecule has 0 spiro atoms. The Labute approximate surface area is 318 Å². The van der Waals surface area contributed by atoms with E-state index in [1.807, 2.05) is 0 Å². The Bertz CT molecular complexity index is 984. The van der Waals surface area contributed by atoms with E-state index in [1.165, 1.54) is 83.5 Å². The third kappa shape index (κ3) is 40.8. The van der Waals surface area contributed by atoms with E-state index in [2.05, 4.69) is 67.0 Å². The molecule has 0 bridgehead atoms. The van der Waals surface area contributed by atoms with Crippen LogP contribution in [0.4, 0.5) is 0 Å². The topological polar surface area (TPSA) is 119 Å². The van der Waals surface area contributed by atoms with Gasteiger partial charge in [-0.1, -0.05) is 152 Å². The van der Waals surface area contributed by atoms with Crippen LogP contribution >= 0.6 is 7.82 Å². The van der Waals surface area contributed by atoms with Gasteiger partial charge < -0.3 is 19.3 Å². The highest BCUT2D eigenvalue weighted by molar-refractivity contribution is 7.46. The van der Waals surface area contributed by atoms with Gasteiger partial charge in [0.05, 0.1) is 6.61 Å². The van der Waals surface area contributed by atoms with Crippen molar-refractivity contribution in [2.45, 2.75) is 200 Å². The number of rotatable bonds is 38. The molecule has 0 radical (unpaired) electrons. The summed E-state index contributed by atoms with van der Waals surface area (Å²) in [7, 11) is -4.76. The lowest BCUT2D eigenvalue weighted by Gasteiger charge is -2.18. The van der Waals surface area contributed by atoms with E-state index in [0.717, 1.165) is 77.0 Å². The summed E-state index contributed by atoms with van der Waals surface area (Å²) in [6.45, 7) is 3.62. The lowest BCUT2D eigenvalue weighted by Crippen LogP contribution is -2.29. The van der Waals surface area contributed by atoms with Crippen molar-refractivity contribution in [3.05, 3.63) is 48.6 Å². The van der Waals surface area contributed by atoms with E-state index < -0.39 is 32.5 Å². The highest BCUT2D eigenvalue weighted by Gasteiger charge is 2.22.